The molecule has 0 saturated heterocycles. The molecule has 76 valence electrons. The molecule has 0 unspecified atom stereocenters. The third kappa shape index (κ3) is 2.43. The predicted octanol–water partition coefficient (Wildman–Crippen LogP) is -0.515. The highest BCUT2D eigenvalue weighted by molar-refractivity contribution is 5.93. The highest BCUT2D eigenvalue weighted by atomic mass is 16.3. The molecule has 1 rings (SSSR count). The number of aliphatic hydroxyl groups excluding tert-OH is 1. The van der Waals surface area contributed by atoms with E-state index in [9.17, 15) is 9.59 Å². The highest BCUT2D eigenvalue weighted by Gasteiger charge is 2.11. The molecule has 0 aliphatic rings. The largest absolute Gasteiger partial charge is 0.394 e. The zero-order chi connectivity index (χ0) is 10.6. The lowest BCUT2D eigenvalue weighted by Gasteiger charge is -2.09. The molecular weight excluding hydrogens is 184 g/mol. The van der Waals surface area contributed by atoms with Crippen LogP contribution >= 0.6 is 0 Å². The number of aromatic amines is 1. The number of amides is 1. The molecule has 1 heterocycles. The average Bonchev–Trinajstić information content (AvgIpc) is 2.18. The summed E-state index contributed by atoms with van der Waals surface area (Å²) in [7, 11) is 0. The first kappa shape index (κ1) is 10.5. The number of hydrogen-bond donors (Lipinski definition) is 3. The fraction of sp³-hybridized carbons (Fsp3) is 0.333. The second-order valence-electron chi connectivity index (χ2n) is 2.98. The summed E-state index contributed by atoms with van der Waals surface area (Å²) in [5.74, 6) is -0.478. The van der Waals surface area contributed by atoms with E-state index in [2.05, 4.69) is 10.3 Å². The van der Waals surface area contributed by atoms with Crippen LogP contribution in [0.15, 0.2) is 23.3 Å². The lowest BCUT2D eigenvalue weighted by Crippen LogP contribution is -2.37. The molecule has 0 radical (unpaired) electrons. The second kappa shape index (κ2) is 4.57. The Morgan fingerprint density at radius 1 is 1.71 bits per heavy atom. The molecule has 0 aliphatic heterocycles. The topological polar surface area (TPSA) is 82.2 Å². The summed E-state index contributed by atoms with van der Waals surface area (Å²) in [4.78, 5) is 25.2. The molecule has 1 aromatic heterocycles. The van der Waals surface area contributed by atoms with Crippen molar-refractivity contribution >= 4 is 5.91 Å². The summed E-state index contributed by atoms with van der Waals surface area (Å²) in [5.41, 5.74) is -0.292. The van der Waals surface area contributed by atoms with Crippen molar-refractivity contribution in [1.29, 1.82) is 0 Å². The number of carbonyl (C=O) groups excluding carboxylic acids is 1. The lowest BCUT2D eigenvalue weighted by atomic mass is 10.2. The van der Waals surface area contributed by atoms with Crippen LogP contribution in [-0.2, 0) is 0 Å². The predicted molar refractivity (Wildman–Crippen MR) is 51.1 cm³/mol. The van der Waals surface area contributed by atoms with Crippen molar-refractivity contribution in [3.63, 3.8) is 0 Å². The van der Waals surface area contributed by atoms with Crippen LogP contribution in [-0.4, -0.2) is 28.6 Å². The molecule has 1 atom stereocenters. The summed E-state index contributed by atoms with van der Waals surface area (Å²) in [6, 6.07) is 0.917. The van der Waals surface area contributed by atoms with E-state index in [1.165, 1.54) is 18.5 Å². The van der Waals surface area contributed by atoms with Gasteiger partial charge in [0.15, 0.2) is 5.43 Å². The number of aliphatic hydroxyl groups is 1. The van der Waals surface area contributed by atoms with E-state index in [0.29, 0.717) is 0 Å². The van der Waals surface area contributed by atoms with Gasteiger partial charge in [0, 0.05) is 24.5 Å². The number of nitrogens with one attached hydrogen (secondary N) is 2. The maximum Gasteiger partial charge on any atom is 0.257 e. The number of pyridine rings is 1. The second-order valence-corrected chi connectivity index (χ2v) is 2.98. The van der Waals surface area contributed by atoms with Crippen LogP contribution in [0.2, 0.25) is 0 Å². The minimum atomic E-state index is -0.478. The molecule has 0 aromatic carbocycles. The first-order valence-electron chi connectivity index (χ1n) is 4.24. The molecule has 0 spiro atoms. The van der Waals surface area contributed by atoms with Gasteiger partial charge in [-0.15, -0.1) is 0 Å². The maximum absolute atomic E-state index is 11.4. The zero-order valence-corrected chi connectivity index (χ0v) is 7.78. The summed E-state index contributed by atoms with van der Waals surface area (Å²) in [5, 5.41) is 11.2. The van der Waals surface area contributed by atoms with Crippen molar-refractivity contribution in [2.75, 3.05) is 6.61 Å². The Hall–Kier alpha value is -1.62. The quantitative estimate of drug-likeness (QED) is 0.608. The van der Waals surface area contributed by atoms with Crippen molar-refractivity contribution in [3.05, 3.63) is 34.2 Å². The Morgan fingerprint density at radius 3 is 3.00 bits per heavy atom. The number of carbonyl (C=O) groups is 1. The molecule has 0 bridgehead atoms. The van der Waals surface area contributed by atoms with Gasteiger partial charge >= 0.3 is 0 Å². The van der Waals surface area contributed by atoms with Gasteiger partial charge in [0.25, 0.3) is 5.91 Å². The highest BCUT2D eigenvalue weighted by Crippen LogP contribution is 1.89. The van der Waals surface area contributed by atoms with E-state index >= 15 is 0 Å². The van der Waals surface area contributed by atoms with Gasteiger partial charge < -0.3 is 15.4 Å². The first-order valence-corrected chi connectivity index (χ1v) is 4.24. The molecule has 0 saturated carbocycles. The van der Waals surface area contributed by atoms with E-state index in [1.54, 1.807) is 6.92 Å². The molecule has 1 amide bonds. The van der Waals surface area contributed by atoms with Gasteiger partial charge in [0.2, 0.25) is 0 Å². The molecular formula is C9H12N2O3. The van der Waals surface area contributed by atoms with Gasteiger partial charge in [-0.25, -0.2) is 0 Å². The molecule has 0 fully saturated rings. The third-order valence-electron chi connectivity index (χ3n) is 1.72. The maximum atomic E-state index is 11.4. The van der Waals surface area contributed by atoms with Crippen LogP contribution in [0, 0.1) is 0 Å². The molecule has 5 heteroatoms. The van der Waals surface area contributed by atoms with Crippen LogP contribution in [0.25, 0.3) is 0 Å². The number of aromatic nitrogens is 1. The van der Waals surface area contributed by atoms with E-state index in [0.717, 1.165) is 0 Å². The molecule has 0 aliphatic carbocycles. The van der Waals surface area contributed by atoms with Crippen molar-refractivity contribution < 1.29 is 9.90 Å². The summed E-state index contributed by atoms with van der Waals surface area (Å²) >= 11 is 0. The minimum absolute atomic E-state index is 0.0489. The molecule has 14 heavy (non-hydrogen) atoms. The third-order valence-corrected chi connectivity index (χ3v) is 1.72. The first-order chi connectivity index (χ1) is 6.65. The van der Waals surface area contributed by atoms with E-state index in [-0.39, 0.29) is 23.6 Å². The number of hydrogen-bond acceptors (Lipinski definition) is 3. The van der Waals surface area contributed by atoms with Gasteiger partial charge in [-0.1, -0.05) is 0 Å². The van der Waals surface area contributed by atoms with Crippen molar-refractivity contribution in [2.45, 2.75) is 13.0 Å². The van der Waals surface area contributed by atoms with Gasteiger partial charge in [-0.05, 0) is 6.92 Å². The van der Waals surface area contributed by atoms with Crippen LogP contribution in [0.4, 0.5) is 0 Å². The Balaban J connectivity index is 2.80. The number of rotatable bonds is 3. The summed E-state index contributed by atoms with van der Waals surface area (Å²) in [6.45, 7) is 1.49. The van der Waals surface area contributed by atoms with Crippen molar-refractivity contribution in [1.82, 2.24) is 10.3 Å². The summed E-state index contributed by atoms with van der Waals surface area (Å²) in [6.07, 6.45) is 2.79. The smallest absolute Gasteiger partial charge is 0.257 e. The van der Waals surface area contributed by atoms with Crippen LogP contribution in [0.5, 0.6) is 0 Å². The van der Waals surface area contributed by atoms with Gasteiger partial charge in [0.1, 0.15) is 5.56 Å². The fourth-order valence-electron chi connectivity index (χ4n) is 0.941. The monoisotopic (exact) mass is 196 g/mol. The van der Waals surface area contributed by atoms with Crippen molar-refractivity contribution in [3.8, 4) is 0 Å². The van der Waals surface area contributed by atoms with Crippen LogP contribution in [0.1, 0.15) is 17.3 Å². The van der Waals surface area contributed by atoms with E-state index in [1.807, 2.05) is 0 Å². The average molecular weight is 196 g/mol. The van der Waals surface area contributed by atoms with Gasteiger partial charge in [0.05, 0.1) is 6.61 Å². The normalized spacial score (nSPS) is 12.1. The van der Waals surface area contributed by atoms with Gasteiger partial charge in [-0.3, -0.25) is 9.59 Å². The Bertz CT molecular complexity index is 372. The standard InChI is InChI=1S/C9H12N2O3/c1-6(5-12)11-9(14)7-4-10-3-2-8(7)13/h2-4,6,12H,5H2,1H3,(H,10,13)(H,11,14)/t6-/m0/s1. The lowest BCUT2D eigenvalue weighted by molar-refractivity contribution is 0.0921. The zero-order valence-electron chi connectivity index (χ0n) is 7.78. The fourth-order valence-corrected chi connectivity index (χ4v) is 0.941. The van der Waals surface area contributed by atoms with Crippen LogP contribution < -0.4 is 10.7 Å². The van der Waals surface area contributed by atoms with E-state index in [4.69, 9.17) is 5.11 Å². The minimum Gasteiger partial charge on any atom is -0.394 e. The van der Waals surface area contributed by atoms with Crippen molar-refractivity contribution in [2.24, 2.45) is 0 Å². The Labute approximate surface area is 80.8 Å². The molecule has 3 N–H and O–H groups in total. The Morgan fingerprint density at radius 2 is 2.43 bits per heavy atom. The van der Waals surface area contributed by atoms with E-state index < -0.39 is 5.91 Å². The molecule has 1 aromatic rings. The summed E-state index contributed by atoms with van der Waals surface area (Å²) < 4.78 is 0. The SMILES string of the molecule is C[C@@H](CO)NC(=O)c1c[nH]ccc1=O. The number of H-pyrrole nitrogens is 1. The Kier molecular flexibility index (Phi) is 3.41. The van der Waals surface area contributed by atoms with Crippen LogP contribution in [0.3, 0.4) is 0 Å². The molecule has 5 nitrogen and oxygen atoms in total. The van der Waals surface area contributed by atoms with Gasteiger partial charge in [-0.2, -0.15) is 0 Å².